The van der Waals surface area contributed by atoms with Crippen molar-refractivity contribution in [1.29, 1.82) is 5.26 Å². The zero-order chi connectivity index (χ0) is 12.3. The average molecular weight is 229 g/mol. The SMILES string of the molecule is N#Cc1ccccc1C(NCC1CC1)C(N)=O. The first-order valence-corrected chi connectivity index (χ1v) is 5.74. The lowest BCUT2D eigenvalue weighted by Crippen LogP contribution is -2.35. The molecule has 0 saturated heterocycles. The fraction of sp³-hybridized carbons (Fsp3) is 0.385. The maximum Gasteiger partial charge on any atom is 0.239 e. The summed E-state index contributed by atoms with van der Waals surface area (Å²) in [4.78, 5) is 11.5. The smallest absolute Gasteiger partial charge is 0.239 e. The van der Waals surface area contributed by atoms with E-state index in [-0.39, 0.29) is 0 Å². The monoisotopic (exact) mass is 229 g/mol. The van der Waals surface area contributed by atoms with Crippen LogP contribution in [0.25, 0.3) is 0 Å². The number of nitriles is 1. The van der Waals surface area contributed by atoms with Crippen molar-refractivity contribution >= 4 is 5.91 Å². The molecular weight excluding hydrogens is 214 g/mol. The van der Waals surface area contributed by atoms with Crippen LogP contribution in [0.15, 0.2) is 24.3 Å². The molecule has 88 valence electrons. The molecule has 3 N–H and O–H groups in total. The van der Waals surface area contributed by atoms with Gasteiger partial charge >= 0.3 is 0 Å². The summed E-state index contributed by atoms with van der Waals surface area (Å²) in [6, 6.07) is 8.58. The van der Waals surface area contributed by atoms with Crippen molar-refractivity contribution in [3.63, 3.8) is 0 Å². The topological polar surface area (TPSA) is 78.9 Å². The van der Waals surface area contributed by atoms with Gasteiger partial charge in [0.1, 0.15) is 6.04 Å². The van der Waals surface area contributed by atoms with E-state index in [1.165, 1.54) is 12.8 Å². The second-order valence-electron chi connectivity index (χ2n) is 4.39. The molecule has 0 spiro atoms. The lowest BCUT2D eigenvalue weighted by Gasteiger charge is -2.16. The molecule has 0 aromatic heterocycles. The van der Waals surface area contributed by atoms with Gasteiger partial charge in [-0.25, -0.2) is 0 Å². The first-order chi connectivity index (χ1) is 8.22. The zero-order valence-electron chi connectivity index (χ0n) is 9.52. The molecule has 1 aromatic carbocycles. The summed E-state index contributed by atoms with van der Waals surface area (Å²) in [7, 11) is 0. The number of carbonyl (C=O) groups is 1. The van der Waals surface area contributed by atoms with Crippen molar-refractivity contribution in [1.82, 2.24) is 5.32 Å². The maximum atomic E-state index is 11.5. The van der Waals surface area contributed by atoms with Gasteiger partial charge in [0.15, 0.2) is 0 Å². The third-order valence-corrected chi connectivity index (χ3v) is 2.98. The molecule has 1 amide bonds. The van der Waals surface area contributed by atoms with Gasteiger partial charge < -0.3 is 11.1 Å². The Kier molecular flexibility index (Phi) is 3.40. The summed E-state index contributed by atoms with van der Waals surface area (Å²) >= 11 is 0. The van der Waals surface area contributed by atoms with Gasteiger partial charge in [-0.15, -0.1) is 0 Å². The number of hydrogen-bond acceptors (Lipinski definition) is 3. The number of primary amides is 1. The van der Waals surface area contributed by atoms with Gasteiger partial charge in [0, 0.05) is 0 Å². The molecule has 2 rings (SSSR count). The minimum Gasteiger partial charge on any atom is -0.368 e. The molecule has 1 fully saturated rings. The van der Waals surface area contributed by atoms with Gasteiger partial charge in [0.05, 0.1) is 11.6 Å². The largest absolute Gasteiger partial charge is 0.368 e. The van der Waals surface area contributed by atoms with Crippen LogP contribution in [0.2, 0.25) is 0 Å². The average Bonchev–Trinajstić information content (AvgIpc) is 3.13. The van der Waals surface area contributed by atoms with E-state index in [2.05, 4.69) is 11.4 Å². The zero-order valence-corrected chi connectivity index (χ0v) is 9.52. The Morgan fingerprint density at radius 1 is 1.53 bits per heavy atom. The predicted octanol–water partition coefficient (Wildman–Crippen LogP) is 1.08. The molecule has 0 bridgehead atoms. The Hall–Kier alpha value is -1.86. The van der Waals surface area contributed by atoms with Crippen LogP contribution in [0.1, 0.15) is 30.0 Å². The van der Waals surface area contributed by atoms with Gasteiger partial charge in [-0.05, 0) is 36.9 Å². The van der Waals surface area contributed by atoms with Gasteiger partial charge in [0.2, 0.25) is 5.91 Å². The molecule has 1 atom stereocenters. The highest BCUT2D eigenvalue weighted by Gasteiger charge is 2.25. The second kappa shape index (κ2) is 4.98. The number of nitrogens with zero attached hydrogens (tertiary/aromatic N) is 1. The molecule has 1 aliphatic carbocycles. The fourth-order valence-electron chi connectivity index (χ4n) is 1.82. The lowest BCUT2D eigenvalue weighted by molar-refractivity contribution is -0.120. The number of rotatable bonds is 5. The highest BCUT2D eigenvalue weighted by atomic mass is 16.1. The van der Waals surface area contributed by atoms with E-state index in [0.29, 0.717) is 17.0 Å². The van der Waals surface area contributed by atoms with Crippen LogP contribution in [0, 0.1) is 17.2 Å². The minimum absolute atomic E-state index is 0.437. The third kappa shape index (κ3) is 2.83. The van der Waals surface area contributed by atoms with Crippen molar-refractivity contribution in [2.45, 2.75) is 18.9 Å². The van der Waals surface area contributed by atoms with Crippen molar-refractivity contribution < 1.29 is 4.79 Å². The molecule has 4 nitrogen and oxygen atoms in total. The lowest BCUT2D eigenvalue weighted by atomic mass is 10.0. The van der Waals surface area contributed by atoms with Gasteiger partial charge in [-0.1, -0.05) is 18.2 Å². The summed E-state index contributed by atoms with van der Waals surface area (Å²) in [5, 5.41) is 12.2. The van der Waals surface area contributed by atoms with E-state index in [1.54, 1.807) is 18.2 Å². The fourth-order valence-corrected chi connectivity index (χ4v) is 1.82. The minimum atomic E-state index is -0.563. The Bertz CT molecular complexity index is 460. The molecular formula is C13H15N3O. The summed E-state index contributed by atoms with van der Waals surface area (Å²) in [5.74, 6) is 0.222. The molecule has 4 heteroatoms. The highest BCUT2D eigenvalue weighted by Crippen LogP contribution is 2.28. The van der Waals surface area contributed by atoms with E-state index >= 15 is 0 Å². The van der Waals surface area contributed by atoms with E-state index in [9.17, 15) is 4.79 Å². The van der Waals surface area contributed by atoms with Crippen molar-refractivity contribution in [2.75, 3.05) is 6.54 Å². The van der Waals surface area contributed by atoms with Crippen molar-refractivity contribution in [3.8, 4) is 6.07 Å². The first kappa shape index (κ1) is 11.6. The van der Waals surface area contributed by atoms with Crippen molar-refractivity contribution in [3.05, 3.63) is 35.4 Å². The predicted molar refractivity (Wildman–Crippen MR) is 63.8 cm³/mol. The summed E-state index contributed by atoms with van der Waals surface area (Å²) in [6.07, 6.45) is 2.41. The number of amides is 1. The third-order valence-electron chi connectivity index (χ3n) is 2.98. The maximum absolute atomic E-state index is 11.5. The normalized spacial score (nSPS) is 16.2. The van der Waals surface area contributed by atoms with Crippen molar-refractivity contribution in [2.24, 2.45) is 11.7 Å². The van der Waals surface area contributed by atoms with Crippen LogP contribution < -0.4 is 11.1 Å². The van der Waals surface area contributed by atoms with E-state index in [4.69, 9.17) is 11.0 Å². The van der Waals surface area contributed by atoms with E-state index < -0.39 is 11.9 Å². The second-order valence-corrected chi connectivity index (χ2v) is 4.39. The highest BCUT2D eigenvalue weighted by molar-refractivity contribution is 5.82. The Morgan fingerprint density at radius 3 is 2.82 bits per heavy atom. The molecule has 1 aliphatic rings. The van der Waals surface area contributed by atoms with Gasteiger partial charge in [-0.3, -0.25) is 4.79 Å². The molecule has 1 aromatic rings. The van der Waals surface area contributed by atoms with Crippen LogP contribution in [-0.2, 0) is 4.79 Å². The Labute approximate surface area is 100 Å². The first-order valence-electron chi connectivity index (χ1n) is 5.74. The summed E-state index contributed by atoms with van der Waals surface area (Å²) in [5.41, 5.74) is 6.56. The van der Waals surface area contributed by atoms with E-state index in [1.807, 2.05) is 6.07 Å². The molecule has 0 radical (unpaired) electrons. The standard InChI is InChI=1S/C13H15N3O/c14-7-10-3-1-2-4-11(10)12(13(15)17)16-8-9-5-6-9/h1-4,9,12,16H,5-6,8H2,(H2,15,17). The Balaban J connectivity index is 2.18. The van der Waals surface area contributed by atoms with Crippen LogP contribution >= 0.6 is 0 Å². The van der Waals surface area contributed by atoms with E-state index in [0.717, 1.165) is 6.54 Å². The molecule has 1 saturated carbocycles. The number of nitrogens with one attached hydrogen (secondary N) is 1. The van der Waals surface area contributed by atoms with Crippen LogP contribution in [0.4, 0.5) is 0 Å². The molecule has 1 unspecified atom stereocenters. The van der Waals surface area contributed by atoms with Crippen LogP contribution in [-0.4, -0.2) is 12.5 Å². The molecule has 0 aliphatic heterocycles. The summed E-state index contributed by atoms with van der Waals surface area (Å²) in [6.45, 7) is 0.785. The molecule has 17 heavy (non-hydrogen) atoms. The summed E-state index contributed by atoms with van der Waals surface area (Å²) < 4.78 is 0. The van der Waals surface area contributed by atoms with Gasteiger partial charge in [-0.2, -0.15) is 5.26 Å². The quantitative estimate of drug-likeness (QED) is 0.793. The Morgan fingerprint density at radius 2 is 2.24 bits per heavy atom. The molecule has 0 heterocycles. The van der Waals surface area contributed by atoms with Crippen LogP contribution in [0.3, 0.4) is 0 Å². The van der Waals surface area contributed by atoms with Gasteiger partial charge in [0.25, 0.3) is 0 Å². The van der Waals surface area contributed by atoms with Crippen LogP contribution in [0.5, 0.6) is 0 Å². The number of nitrogens with two attached hydrogens (primary N) is 1. The number of benzene rings is 1. The number of carbonyl (C=O) groups excluding carboxylic acids is 1. The number of hydrogen-bond donors (Lipinski definition) is 2.